The van der Waals surface area contributed by atoms with E-state index in [1.54, 1.807) is 12.1 Å². The number of sulfonamides is 1. The van der Waals surface area contributed by atoms with Gasteiger partial charge in [0.05, 0.1) is 4.90 Å². The largest absolute Gasteiger partial charge is 0.300 e. The molecule has 0 saturated carbocycles. The molecule has 1 aliphatic heterocycles. The predicted octanol–water partition coefficient (Wildman–Crippen LogP) is 3.10. The van der Waals surface area contributed by atoms with Gasteiger partial charge in [-0.1, -0.05) is 42.5 Å². The maximum Gasteiger partial charge on any atom is 0.243 e. The van der Waals surface area contributed by atoms with Crippen molar-refractivity contribution in [1.29, 1.82) is 0 Å². The number of benzene rings is 2. The highest BCUT2D eigenvalue weighted by atomic mass is 32.2. The van der Waals surface area contributed by atoms with Crippen LogP contribution < -0.4 is 0 Å². The highest BCUT2D eigenvalue weighted by Gasteiger charge is 2.26. The van der Waals surface area contributed by atoms with Gasteiger partial charge in [0.2, 0.25) is 10.0 Å². The Kier molecular flexibility index (Phi) is 4.59. The van der Waals surface area contributed by atoms with E-state index in [2.05, 4.69) is 0 Å². The molecule has 23 heavy (non-hydrogen) atoms. The van der Waals surface area contributed by atoms with Crippen molar-refractivity contribution in [2.45, 2.75) is 24.2 Å². The molecule has 2 aromatic carbocycles. The number of nitrogens with zero attached hydrogens (tertiary/aromatic N) is 1. The molecule has 0 atom stereocenters. The zero-order chi connectivity index (χ0) is 16.3. The zero-order valence-corrected chi connectivity index (χ0v) is 13.6. The standard InChI is InChI=1S/C18H19NO3S/c20-17-7-4-13-19(14-12-17)23(21,22)18-10-8-16(9-11-18)15-5-2-1-3-6-15/h1-3,5-6,8-11H,4,7,12-14H2. The molecule has 1 aliphatic rings. The minimum absolute atomic E-state index is 0.141. The first-order valence-electron chi connectivity index (χ1n) is 7.75. The van der Waals surface area contributed by atoms with Crippen LogP contribution in [-0.2, 0) is 14.8 Å². The first-order chi connectivity index (χ1) is 11.1. The zero-order valence-electron chi connectivity index (χ0n) is 12.8. The molecule has 1 fully saturated rings. The first kappa shape index (κ1) is 15.9. The number of carbonyl (C=O) groups excluding carboxylic acids is 1. The number of ketones is 1. The first-order valence-corrected chi connectivity index (χ1v) is 9.19. The summed E-state index contributed by atoms with van der Waals surface area (Å²) in [6, 6.07) is 16.8. The molecular weight excluding hydrogens is 310 g/mol. The van der Waals surface area contributed by atoms with Crippen molar-refractivity contribution in [3.8, 4) is 11.1 Å². The van der Waals surface area contributed by atoms with Gasteiger partial charge in [0.15, 0.2) is 0 Å². The number of rotatable bonds is 3. The van der Waals surface area contributed by atoms with Crippen molar-refractivity contribution in [2.24, 2.45) is 0 Å². The van der Waals surface area contributed by atoms with E-state index in [1.165, 1.54) is 4.31 Å². The van der Waals surface area contributed by atoms with E-state index < -0.39 is 10.0 Å². The third-order valence-corrected chi connectivity index (χ3v) is 6.02. The summed E-state index contributed by atoms with van der Waals surface area (Å²) in [6.07, 6.45) is 1.38. The normalized spacial score (nSPS) is 17.0. The lowest BCUT2D eigenvalue weighted by Gasteiger charge is -2.19. The van der Waals surface area contributed by atoms with Crippen LogP contribution in [0.4, 0.5) is 0 Å². The lowest BCUT2D eigenvalue weighted by atomic mass is 10.1. The van der Waals surface area contributed by atoms with Gasteiger partial charge in [0, 0.05) is 25.9 Å². The summed E-state index contributed by atoms with van der Waals surface area (Å²) in [5, 5.41) is 0. The van der Waals surface area contributed by atoms with E-state index in [1.807, 2.05) is 42.5 Å². The van der Waals surface area contributed by atoms with Crippen molar-refractivity contribution in [3.63, 3.8) is 0 Å². The molecule has 0 radical (unpaired) electrons. The fourth-order valence-electron chi connectivity index (χ4n) is 2.78. The van der Waals surface area contributed by atoms with E-state index >= 15 is 0 Å². The molecule has 0 amide bonds. The molecule has 0 bridgehead atoms. The van der Waals surface area contributed by atoms with E-state index in [0.717, 1.165) is 11.1 Å². The molecular formula is C18H19NO3S. The smallest absolute Gasteiger partial charge is 0.243 e. The maximum absolute atomic E-state index is 12.7. The van der Waals surface area contributed by atoms with Gasteiger partial charge < -0.3 is 0 Å². The van der Waals surface area contributed by atoms with Gasteiger partial charge in [-0.15, -0.1) is 0 Å². The van der Waals surface area contributed by atoms with Crippen molar-refractivity contribution < 1.29 is 13.2 Å². The summed E-state index contributed by atoms with van der Waals surface area (Å²) in [5.74, 6) is 0.141. The molecule has 120 valence electrons. The van der Waals surface area contributed by atoms with Crippen LogP contribution in [0.25, 0.3) is 11.1 Å². The summed E-state index contributed by atoms with van der Waals surface area (Å²) < 4.78 is 26.8. The SMILES string of the molecule is O=C1CCCN(S(=O)(=O)c2ccc(-c3ccccc3)cc2)CC1. The third kappa shape index (κ3) is 3.51. The highest BCUT2D eigenvalue weighted by Crippen LogP contribution is 2.24. The molecule has 4 nitrogen and oxygen atoms in total. The topological polar surface area (TPSA) is 54.5 Å². The second kappa shape index (κ2) is 6.64. The van der Waals surface area contributed by atoms with E-state index in [4.69, 9.17) is 0 Å². The van der Waals surface area contributed by atoms with E-state index in [-0.39, 0.29) is 17.2 Å². The summed E-state index contributed by atoms with van der Waals surface area (Å²) in [7, 11) is -3.53. The van der Waals surface area contributed by atoms with Crippen LogP contribution in [0, 0.1) is 0 Å². The highest BCUT2D eigenvalue weighted by molar-refractivity contribution is 7.89. The third-order valence-electron chi connectivity index (χ3n) is 4.10. The average molecular weight is 329 g/mol. The fraction of sp³-hybridized carbons (Fsp3) is 0.278. The monoisotopic (exact) mass is 329 g/mol. The number of hydrogen-bond acceptors (Lipinski definition) is 3. The Balaban J connectivity index is 1.84. The van der Waals surface area contributed by atoms with Crippen LogP contribution in [0.2, 0.25) is 0 Å². The molecule has 1 saturated heterocycles. The van der Waals surface area contributed by atoms with E-state index in [0.29, 0.717) is 25.8 Å². The minimum Gasteiger partial charge on any atom is -0.300 e. The van der Waals surface area contributed by atoms with Gasteiger partial charge in [0.25, 0.3) is 0 Å². The summed E-state index contributed by atoms with van der Waals surface area (Å²) in [4.78, 5) is 11.8. The Hall–Kier alpha value is -1.98. The van der Waals surface area contributed by atoms with Gasteiger partial charge in [-0.05, 0) is 29.7 Å². The minimum atomic E-state index is -3.53. The van der Waals surface area contributed by atoms with Crippen LogP contribution in [0.15, 0.2) is 59.5 Å². The van der Waals surface area contributed by atoms with Crippen LogP contribution in [0.1, 0.15) is 19.3 Å². The van der Waals surface area contributed by atoms with Crippen molar-refractivity contribution in [2.75, 3.05) is 13.1 Å². The Bertz CT molecular complexity index is 783. The average Bonchev–Trinajstić information content (AvgIpc) is 2.81. The van der Waals surface area contributed by atoms with Gasteiger partial charge in [-0.3, -0.25) is 4.79 Å². The van der Waals surface area contributed by atoms with Crippen LogP contribution in [0.3, 0.4) is 0 Å². The van der Waals surface area contributed by atoms with Crippen LogP contribution in [-0.4, -0.2) is 31.6 Å². The van der Waals surface area contributed by atoms with Crippen LogP contribution in [0.5, 0.6) is 0 Å². The van der Waals surface area contributed by atoms with Gasteiger partial charge in [-0.25, -0.2) is 8.42 Å². The van der Waals surface area contributed by atoms with Crippen molar-refractivity contribution >= 4 is 15.8 Å². The molecule has 0 spiro atoms. The van der Waals surface area contributed by atoms with Gasteiger partial charge >= 0.3 is 0 Å². The predicted molar refractivity (Wildman–Crippen MR) is 89.5 cm³/mol. The van der Waals surface area contributed by atoms with Crippen molar-refractivity contribution in [3.05, 3.63) is 54.6 Å². The summed E-state index contributed by atoms with van der Waals surface area (Å²) >= 11 is 0. The summed E-state index contributed by atoms with van der Waals surface area (Å²) in [6.45, 7) is 0.691. The van der Waals surface area contributed by atoms with Crippen LogP contribution >= 0.6 is 0 Å². The summed E-state index contributed by atoms with van der Waals surface area (Å²) in [5.41, 5.74) is 2.03. The van der Waals surface area contributed by atoms with Gasteiger partial charge in [-0.2, -0.15) is 4.31 Å². The lowest BCUT2D eigenvalue weighted by molar-refractivity contribution is -0.118. The molecule has 0 aliphatic carbocycles. The molecule has 0 aromatic heterocycles. The second-order valence-electron chi connectivity index (χ2n) is 5.69. The molecule has 0 N–H and O–H groups in total. The fourth-order valence-corrected chi connectivity index (χ4v) is 4.26. The molecule has 5 heteroatoms. The van der Waals surface area contributed by atoms with E-state index in [9.17, 15) is 13.2 Å². The quantitative estimate of drug-likeness (QED) is 0.869. The Morgan fingerprint density at radius 3 is 2.13 bits per heavy atom. The van der Waals surface area contributed by atoms with Crippen molar-refractivity contribution in [1.82, 2.24) is 4.31 Å². The second-order valence-corrected chi connectivity index (χ2v) is 7.62. The Morgan fingerprint density at radius 2 is 1.43 bits per heavy atom. The lowest BCUT2D eigenvalue weighted by Crippen LogP contribution is -2.32. The maximum atomic E-state index is 12.7. The molecule has 3 rings (SSSR count). The molecule has 2 aromatic rings. The number of carbonyl (C=O) groups is 1. The number of Topliss-reactive ketones (excluding diaryl/α,β-unsaturated/α-hetero) is 1. The Morgan fingerprint density at radius 1 is 0.783 bits per heavy atom. The number of hydrogen-bond donors (Lipinski definition) is 0. The molecule has 1 heterocycles. The van der Waals surface area contributed by atoms with Gasteiger partial charge in [0.1, 0.15) is 5.78 Å². The molecule has 0 unspecified atom stereocenters. The Labute approximate surface area is 136 Å².